The Bertz CT molecular complexity index is 656. The highest BCUT2D eigenvalue weighted by atomic mass is 19.4. The zero-order valence-electron chi connectivity index (χ0n) is 12.0. The molecular weight excluding hydrogens is 284 g/mol. The average molecular weight is 300 g/mol. The molecule has 2 nitrogen and oxygen atoms in total. The van der Waals surface area contributed by atoms with E-state index in [9.17, 15) is 17.6 Å². The zero-order valence-corrected chi connectivity index (χ0v) is 12.0. The second-order valence-corrected chi connectivity index (χ2v) is 5.00. The summed E-state index contributed by atoms with van der Waals surface area (Å²) in [6.07, 6.45) is -4.69. The molecule has 1 heterocycles. The van der Waals surface area contributed by atoms with E-state index in [0.29, 0.717) is 6.54 Å². The number of aromatic nitrogens is 1. The molecule has 2 rings (SSSR count). The minimum atomic E-state index is -4.69. The van der Waals surface area contributed by atoms with Crippen LogP contribution in [0, 0.1) is 19.7 Å². The minimum Gasteiger partial charge on any atom is -0.381 e. The molecular formula is C15H16F4N2. The molecule has 2 aromatic rings. The molecule has 0 aliphatic heterocycles. The molecule has 0 saturated heterocycles. The van der Waals surface area contributed by atoms with Crippen LogP contribution in [0.25, 0.3) is 0 Å². The van der Waals surface area contributed by atoms with Crippen LogP contribution in [0.4, 0.5) is 23.2 Å². The lowest BCUT2D eigenvalue weighted by Crippen LogP contribution is -2.09. The van der Waals surface area contributed by atoms with Crippen LogP contribution in [0.3, 0.4) is 0 Å². The molecule has 0 unspecified atom stereocenters. The van der Waals surface area contributed by atoms with E-state index in [1.54, 1.807) is 0 Å². The van der Waals surface area contributed by atoms with Crippen LogP contribution in [0.1, 0.15) is 22.5 Å². The van der Waals surface area contributed by atoms with Gasteiger partial charge in [-0.25, -0.2) is 4.39 Å². The molecule has 1 aromatic heterocycles. The highest BCUT2D eigenvalue weighted by molar-refractivity contribution is 5.48. The minimum absolute atomic E-state index is 0.240. The molecule has 1 N–H and O–H groups in total. The van der Waals surface area contributed by atoms with Gasteiger partial charge in [0.15, 0.2) is 0 Å². The van der Waals surface area contributed by atoms with Gasteiger partial charge in [0, 0.05) is 30.7 Å². The summed E-state index contributed by atoms with van der Waals surface area (Å²) in [6, 6.07) is 4.89. The van der Waals surface area contributed by atoms with Gasteiger partial charge in [0.25, 0.3) is 0 Å². The van der Waals surface area contributed by atoms with Crippen molar-refractivity contribution in [2.45, 2.75) is 26.6 Å². The van der Waals surface area contributed by atoms with Crippen molar-refractivity contribution in [2.24, 2.45) is 7.05 Å². The topological polar surface area (TPSA) is 17.0 Å². The van der Waals surface area contributed by atoms with E-state index in [1.165, 1.54) is 6.07 Å². The van der Waals surface area contributed by atoms with Crippen molar-refractivity contribution in [3.8, 4) is 0 Å². The number of rotatable bonds is 3. The molecule has 6 heteroatoms. The van der Waals surface area contributed by atoms with Crippen LogP contribution in [0.15, 0.2) is 24.3 Å². The van der Waals surface area contributed by atoms with E-state index >= 15 is 0 Å². The SMILES string of the molecule is Cc1cc(CNc2ccc(F)c(C(F)(F)F)c2)c(C)n1C. The Morgan fingerprint density at radius 2 is 1.81 bits per heavy atom. The molecule has 0 aliphatic carbocycles. The van der Waals surface area contributed by atoms with E-state index in [1.807, 2.05) is 31.5 Å². The Balaban J connectivity index is 2.19. The molecule has 0 fully saturated rings. The van der Waals surface area contributed by atoms with Crippen molar-refractivity contribution in [1.82, 2.24) is 4.57 Å². The Morgan fingerprint density at radius 3 is 2.33 bits per heavy atom. The van der Waals surface area contributed by atoms with Gasteiger partial charge in [-0.15, -0.1) is 0 Å². The van der Waals surface area contributed by atoms with Crippen molar-refractivity contribution in [2.75, 3.05) is 5.32 Å². The third kappa shape index (κ3) is 3.20. The number of hydrogen-bond acceptors (Lipinski definition) is 1. The van der Waals surface area contributed by atoms with Crippen LogP contribution >= 0.6 is 0 Å². The van der Waals surface area contributed by atoms with Gasteiger partial charge in [-0.05, 0) is 43.7 Å². The second-order valence-electron chi connectivity index (χ2n) is 5.00. The lowest BCUT2D eigenvalue weighted by molar-refractivity contribution is -0.139. The predicted octanol–water partition coefficient (Wildman–Crippen LogP) is 4.41. The molecule has 0 bridgehead atoms. The quantitative estimate of drug-likeness (QED) is 0.831. The highest BCUT2D eigenvalue weighted by Gasteiger charge is 2.34. The normalized spacial score (nSPS) is 11.8. The number of benzene rings is 1. The first-order valence-corrected chi connectivity index (χ1v) is 6.42. The number of hydrogen-bond donors (Lipinski definition) is 1. The van der Waals surface area contributed by atoms with Crippen LogP contribution in [-0.2, 0) is 19.8 Å². The molecule has 0 saturated carbocycles. The molecule has 114 valence electrons. The molecule has 0 atom stereocenters. The summed E-state index contributed by atoms with van der Waals surface area (Å²) >= 11 is 0. The van der Waals surface area contributed by atoms with Gasteiger partial charge in [-0.1, -0.05) is 0 Å². The van der Waals surface area contributed by atoms with E-state index in [0.717, 1.165) is 29.1 Å². The first kappa shape index (κ1) is 15.4. The highest BCUT2D eigenvalue weighted by Crippen LogP contribution is 2.33. The first-order valence-electron chi connectivity index (χ1n) is 6.42. The third-order valence-electron chi connectivity index (χ3n) is 3.63. The van der Waals surface area contributed by atoms with Crippen LogP contribution in [-0.4, -0.2) is 4.57 Å². The van der Waals surface area contributed by atoms with Crippen molar-refractivity contribution >= 4 is 5.69 Å². The van der Waals surface area contributed by atoms with Gasteiger partial charge in [0.2, 0.25) is 0 Å². The predicted molar refractivity (Wildman–Crippen MR) is 73.6 cm³/mol. The number of halogens is 4. The number of nitrogens with zero attached hydrogens (tertiary/aromatic N) is 1. The van der Waals surface area contributed by atoms with E-state index in [-0.39, 0.29) is 5.69 Å². The summed E-state index contributed by atoms with van der Waals surface area (Å²) in [5.74, 6) is -1.26. The summed E-state index contributed by atoms with van der Waals surface area (Å²) < 4.78 is 53.1. The van der Waals surface area contributed by atoms with E-state index in [4.69, 9.17) is 0 Å². The van der Waals surface area contributed by atoms with E-state index in [2.05, 4.69) is 5.32 Å². The number of nitrogens with one attached hydrogen (secondary N) is 1. The van der Waals surface area contributed by atoms with Gasteiger partial charge < -0.3 is 9.88 Å². The smallest absolute Gasteiger partial charge is 0.381 e. The van der Waals surface area contributed by atoms with Crippen LogP contribution in [0.5, 0.6) is 0 Å². The molecule has 1 aromatic carbocycles. The molecule has 0 aliphatic rings. The standard InChI is InChI=1S/C15H16F4N2/c1-9-6-11(10(2)21(9)3)8-20-12-4-5-14(16)13(7-12)15(17,18)19/h4-7,20H,8H2,1-3H3. The van der Waals surface area contributed by atoms with Crippen LogP contribution < -0.4 is 5.32 Å². The van der Waals surface area contributed by atoms with Gasteiger partial charge >= 0.3 is 6.18 Å². The summed E-state index contributed by atoms with van der Waals surface area (Å²) in [7, 11) is 1.92. The maximum absolute atomic E-state index is 13.2. The average Bonchev–Trinajstić information content (AvgIpc) is 2.64. The summed E-state index contributed by atoms with van der Waals surface area (Å²) in [5.41, 5.74) is 2.09. The summed E-state index contributed by atoms with van der Waals surface area (Å²) in [6.45, 7) is 4.28. The van der Waals surface area contributed by atoms with Crippen LogP contribution in [0.2, 0.25) is 0 Å². The largest absolute Gasteiger partial charge is 0.419 e. The monoisotopic (exact) mass is 300 g/mol. The Morgan fingerprint density at radius 1 is 1.14 bits per heavy atom. The Kier molecular flexibility index (Phi) is 3.98. The molecule has 0 spiro atoms. The number of aryl methyl sites for hydroxylation is 1. The molecule has 21 heavy (non-hydrogen) atoms. The van der Waals surface area contributed by atoms with Gasteiger partial charge in [0.05, 0.1) is 5.56 Å². The lowest BCUT2D eigenvalue weighted by Gasteiger charge is -2.12. The first-order chi connectivity index (χ1) is 9.70. The maximum Gasteiger partial charge on any atom is 0.419 e. The van der Waals surface area contributed by atoms with Gasteiger partial charge in [0.1, 0.15) is 5.82 Å². The lowest BCUT2D eigenvalue weighted by atomic mass is 10.1. The van der Waals surface area contributed by atoms with Gasteiger partial charge in [-0.2, -0.15) is 13.2 Å². The third-order valence-corrected chi connectivity index (χ3v) is 3.63. The van der Waals surface area contributed by atoms with Crippen molar-refractivity contribution in [1.29, 1.82) is 0 Å². The Labute approximate surface area is 120 Å². The molecule has 0 amide bonds. The number of alkyl halides is 3. The van der Waals surface area contributed by atoms with Crippen molar-refractivity contribution in [3.05, 3.63) is 52.6 Å². The maximum atomic E-state index is 13.2. The fourth-order valence-corrected chi connectivity index (χ4v) is 2.16. The summed E-state index contributed by atoms with van der Waals surface area (Å²) in [4.78, 5) is 0. The fourth-order valence-electron chi connectivity index (χ4n) is 2.16. The van der Waals surface area contributed by atoms with Crippen molar-refractivity contribution < 1.29 is 17.6 Å². The fraction of sp³-hybridized carbons (Fsp3) is 0.333. The van der Waals surface area contributed by atoms with Crippen molar-refractivity contribution in [3.63, 3.8) is 0 Å². The van der Waals surface area contributed by atoms with E-state index < -0.39 is 17.6 Å². The van der Waals surface area contributed by atoms with Gasteiger partial charge in [-0.3, -0.25) is 0 Å². The zero-order chi connectivity index (χ0) is 15.8. The second kappa shape index (κ2) is 5.42. The Hall–Kier alpha value is -1.98. The molecule has 0 radical (unpaired) electrons. The summed E-state index contributed by atoms with van der Waals surface area (Å²) in [5, 5.41) is 2.90. The number of anilines is 1.